The second-order valence-electron chi connectivity index (χ2n) is 5.36. The molecule has 1 aliphatic rings. The van der Waals surface area contributed by atoms with Crippen LogP contribution in [0.25, 0.3) is 0 Å². The van der Waals surface area contributed by atoms with E-state index in [1.54, 1.807) is 0 Å². The standard InChI is InChI=1S/C13H27N3O/c1-5-6-16(12-8-14-9-12)11(4)13(17)15-7-10(2)3/h10-12,14H,5-9H2,1-4H3,(H,15,17). The highest BCUT2D eigenvalue weighted by Gasteiger charge is 2.30. The van der Waals surface area contributed by atoms with E-state index in [-0.39, 0.29) is 11.9 Å². The van der Waals surface area contributed by atoms with E-state index in [0.29, 0.717) is 12.0 Å². The highest BCUT2D eigenvalue weighted by molar-refractivity contribution is 5.81. The molecule has 1 aliphatic heterocycles. The molecule has 0 aliphatic carbocycles. The van der Waals surface area contributed by atoms with Crippen LogP contribution in [0.1, 0.15) is 34.1 Å². The molecule has 1 rings (SSSR count). The van der Waals surface area contributed by atoms with Crippen LogP contribution in [-0.4, -0.2) is 49.1 Å². The summed E-state index contributed by atoms with van der Waals surface area (Å²) < 4.78 is 0. The third kappa shape index (κ3) is 4.28. The highest BCUT2D eigenvalue weighted by Crippen LogP contribution is 2.11. The normalized spacial score (nSPS) is 18.2. The number of carbonyl (C=O) groups excluding carboxylic acids is 1. The summed E-state index contributed by atoms with van der Waals surface area (Å²) in [5, 5.41) is 6.29. The summed E-state index contributed by atoms with van der Waals surface area (Å²) in [6.45, 7) is 12.2. The van der Waals surface area contributed by atoms with Crippen molar-refractivity contribution in [1.29, 1.82) is 0 Å². The number of rotatable bonds is 7. The first-order valence-corrected chi connectivity index (χ1v) is 6.80. The van der Waals surface area contributed by atoms with Gasteiger partial charge in [0.25, 0.3) is 0 Å². The van der Waals surface area contributed by atoms with Crippen molar-refractivity contribution in [3.05, 3.63) is 0 Å². The monoisotopic (exact) mass is 241 g/mol. The van der Waals surface area contributed by atoms with E-state index in [1.807, 2.05) is 6.92 Å². The number of nitrogens with one attached hydrogen (secondary N) is 2. The lowest BCUT2D eigenvalue weighted by molar-refractivity contribution is -0.127. The van der Waals surface area contributed by atoms with Gasteiger partial charge in [0.1, 0.15) is 0 Å². The molecular formula is C13H27N3O. The van der Waals surface area contributed by atoms with E-state index in [2.05, 4.69) is 36.3 Å². The van der Waals surface area contributed by atoms with Crippen LogP contribution >= 0.6 is 0 Å². The lowest BCUT2D eigenvalue weighted by Gasteiger charge is -2.41. The van der Waals surface area contributed by atoms with E-state index >= 15 is 0 Å². The second-order valence-corrected chi connectivity index (χ2v) is 5.36. The van der Waals surface area contributed by atoms with Crippen molar-refractivity contribution in [2.24, 2.45) is 5.92 Å². The van der Waals surface area contributed by atoms with Gasteiger partial charge in [0.2, 0.25) is 5.91 Å². The Morgan fingerprint density at radius 1 is 1.41 bits per heavy atom. The van der Waals surface area contributed by atoms with Crippen LogP contribution in [-0.2, 0) is 4.79 Å². The van der Waals surface area contributed by atoms with Gasteiger partial charge in [0.05, 0.1) is 6.04 Å². The maximum Gasteiger partial charge on any atom is 0.237 e. The average molecular weight is 241 g/mol. The van der Waals surface area contributed by atoms with Crippen LogP contribution < -0.4 is 10.6 Å². The van der Waals surface area contributed by atoms with Gasteiger partial charge in [-0.2, -0.15) is 0 Å². The van der Waals surface area contributed by atoms with Crippen molar-refractivity contribution in [1.82, 2.24) is 15.5 Å². The van der Waals surface area contributed by atoms with Crippen molar-refractivity contribution in [3.8, 4) is 0 Å². The third-order valence-corrected chi connectivity index (χ3v) is 3.27. The molecule has 2 N–H and O–H groups in total. The SMILES string of the molecule is CCCN(C1CNC1)C(C)C(=O)NCC(C)C. The summed E-state index contributed by atoms with van der Waals surface area (Å²) >= 11 is 0. The summed E-state index contributed by atoms with van der Waals surface area (Å²) in [5.41, 5.74) is 0. The molecule has 0 aromatic heterocycles. The molecule has 0 aromatic carbocycles. The number of nitrogens with zero attached hydrogens (tertiary/aromatic N) is 1. The van der Waals surface area contributed by atoms with Gasteiger partial charge in [0.15, 0.2) is 0 Å². The summed E-state index contributed by atoms with van der Waals surface area (Å²) in [4.78, 5) is 14.4. The number of amides is 1. The molecule has 0 spiro atoms. The molecule has 17 heavy (non-hydrogen) atoms. The van der Waals surface area contributed by atoms with E-state index in [1.165, 1.54) is 0 Å². The molecule has 0 bridgehead atoms. The quantitative estimate of drug-likeness (QED) is 0.694. The van der Waals surface area contributed by atoms with E-state index in [4.69, 9.17) is 0 Å². The van der Waals surface area contributed by atoms with Gasteiger partial charge in [-0.25, -0.2) is 0 Å². The van der Waals surface area contributed by atoms with Crippen molar-refractivity contribution >= 4 is 5.91 Å². The predicted molar refractivity (Wildman–Crippen MR) is 71.0 cm³/mol. The summed E-state index contributed by atoms with van der Waals surface area (Å²) in [7, 11) is 0. The molecule has 1 saturated heterocycles. The Labute approximate surface area is 105 Å². The van der Waals surface area contributed by atoms with Gasteiger partial charge in [0, 0.05) is 25.7 Å². The minimum atomic E-state index is -0.0131. The van der Waals surface area contributed by atoms with Gasteiger partial charge < -0.3 is 10.6 Å². The second kappa shape index (κ2) is 6.97. The van der Waals surface area contributed by atoms with Gasteiger partial charge in [-0.15, -0.1) is 0 Å². The Morgan fingerprint density at radius 2 is 2.06 bits per heavy atom. The minimum Gasteiger partial charge on any atom is -0.354 e. The molecule has 1 unspecified atom stereocenters. The highest BCUT2D eigenvalue weighted by atomic mass is 16.2. The molecule has 100 valence electrons. The lowest BCUT2D eigenvalue weighted by atomic mass is 10.1. The first-order valence-electron chi connectivity index (χ1n) is 6.80. The summed E-state index contributed by atoms with van der Waals surface area (Å²) in [6, 6.07) is 0.524. The van der Waals surface area contributed by atoms with Gasteiger partial charge >= 0.3 is 0 Å². The predicted octanol–water partition coefficient (Wildman–Crippen LogP) is 0.831. The molecule has 1 amide bonds. The Hall–Kier alpha value is -0.610. The van der Waals surface area contributed by atoms with Crippen LogP contribution in [0.4, 0.5) is 0 Å². The first kappa shape index (κ1) is 14.5. The fourth-order valence-corrected chi connectivity index (χ4v) is 2.06. The van der Waals surface area contributed by atoms with Crippen LogP contribution in [0, 0.1) is 5.92 Å². The van der Waals surface area contributed by atoms with Crippen LogP contribution in [0.2, 0.25) is 0 Å². The topological polar surface area (TPSA) is 44.4 Å². The first-order chi connectivity index (χ1) is 8.06. The molecule has 0 radical (unpaired) electrons. The molecule has 4 heteroatoms. The van der Waals surface area contributed by atoms with E-state index in [9.17, 15) is 4.79 Å². The van der Waals surface area contributed by atoms with Crippen LogP contribution in [0.15, 0.2) is 0 Å². The molecule has 0 saturated carbocycles. The van der Waals surface area contributed by atoms with Crippen molar-refractivity contribution in [2.45, 2.75) is 46.2 Å². The molecule has 0 aromatic rings. The number of hydrogen-bond acceptors (Lipinski definition) is 3. The summed E-state index contributed by atoms with van der Waals surface area (Å²) in [5.74, 6) is 0.676. The van der Waals surface area contributed by atoms with Gasteiger partial charge in [-0.1, -0.05) is 20.8 Å². The Morgan fingerprint density at radius 3 is 2.47 bits per heavy atom. The van der Waals surface area contributed by atoms with Crippen molar-refractivity contribution in [2.75, 3.05) is 26.2 Å². The zero-order valence-corrected chi connectivity index (χ0v) is 11.6. The average Bonchev–Trinajstić information content (AvgIpc) is 2.21. The Bertz CT molecular complexity index is 239. The van der Waals surface area contributed by atoms with Crippen LogP contribution in [0.5, 0.6) is 0 Å². The maximum absolute atomic E-state index is 12.0. The Kier molecular flexibility index (Phi) is 5.92. The number of carbonyl (C=O) groups is 1. The molecular weight excluding hydrogens is 214 g/mol. The molecule has 1 fully saturated rings. The summed E-state index contributed by atoms with van der Waals surface area (Å²) in [6.07, 6.45) is 1.10. The fourth-order valence-electron chi connectivity index (χ4n) is 2.06. The Balaban J connectivity index is 2.44. The molecule has 4 nitrogen and oxygen atoms in total. The smallest absolute Gasteiger partial charge is 0.237 e. The van der Waals surface area contributed by atoms with Gasteiger partial charge in [-0.05, 0) is 25.8 Å². The lowest BCUT2D eigenvalue weighted by Crippen LogP contribution is -2.62. The zero-order chi connectivity index (χ0) is 12.8. The fraction of sp³-hybridized carbons (Fsp3) is 0.923. The zero-order valence-electron chi connectivity index (χ0n) is 11.6. The molecule has 1 heterocycles. The van der Waals surface area contributed by atoms with Crippen molar-refractivity contribution < 1.29 is 4.79 Å². The van der Waals surface area contributed by atoms with Crippen molar-refractivity contribution in [3.63, 3.8) is 0 Å². The largest absolute Gasteiger partial charge is 0.354 e. The van der Waals surface area contributed by atoms with E-state index in [0.717, 1.165) is 32.6 Å². The van der Waals surface area contributed by atoms with E-state index < -0.39 is 0 Å². The molecule has 1 atom stereocenters. The maximum atomic E-state index is 12.0. The number of hydrogen-bond donors (Lipinski definition) is 2. The van der Waals surface area contributed by atoms with Gasteiger partial charge in [-0.3, -0.25) is 9.69 Å². The minimum absolute atomic E-state index is 0.0131. The third-order valence-electron chi connectivity index (χ3n) is 3.27. The van der Waals surface area contributed by atoms with Crippen LogP contribution in [0.3, 0.4) is 0 Å².